The SMILES string of the molecule is c1ccc(-c2c(-c3ccc(N4c5ccc(-c6ccc7ccccc7c6-c6ccccc6)cc5B5c6cc(-c7ccc8ccccc8c7-c7ccccc7)ccc6N(c6ccc(-c7ccc8ccccc8c7-c7ccccc7)cc6)c6cc(N(c7ccccc7)c7ccccc7)cc4c65)cc3)ccc3ccccc23)cc1. The number of anilines is 9. The van der Waals surface area contributed by atoms with Crippen molar-refractivity contribution >= 4 is 117 Å². The van der Waals surface area contributed by atoms with Crippen LogP contribution in [0.1, 0.15) is 0 Å². The highest BCUT2D eigenvalue weighted by Gasteiger charge is 2.45. The van der Waals surface area contributed by atoms with Crippen LogP contribution in [0.5, 0.6) is 0 Å². The molecule has 0 atom stereocenters. The van der Waals surface area contributed by atoms with E-state index in [1.807, 2.05) is 0 Å². The van der Waals surface area contributed by atoms with Crippen molar-refractivity contribution in [3.8, 4) is 89.0 Å². The van der Waals surface area contributed by atoms with Gasteiger partial charge in [-0.05, 0) is 221 Å². The van der Waals surface area contributed by atoms with E-state index in [0.717, 1.165) is 73.4 Å². The lowest BCUT2D eigenvalue weighted by Gasteiger charge is -2.45. The molecule has 2 aliphatic rings. The number of para-hydroxylation sites is 2. The third-order valence-corrected chi connectivity index (χ3v) is 22.8. The molecule has 0 spiro atoms. The molecule has 110 heavy (non-hydrogen) atoms. The van der Waals surface area contributed by atoms with Crippen LogP contribution < -0.4 is 31.1 Å². The highest BCUT2D eigenvalue weighted by molar-refractivity contribution is 7.00. The molecule has 0 N–H and O–H groups in total. The maximum atomic E-state index is 2.59. The number of hydrogen-bond donors (Lipinski definition) is 0. The summed E-state index contributed by atoms with van der Waals surface area (Å²) in [5, 5.41) is 9.72. The Kier molecular flexibility index (Phi) is 15.7. The highest BCUT2D eigenvalue weighted by Crippen LogP contribution is 2.52. The molecule has 512 valence electrons. The average molecular weight is 1400 g/mol. The predicted molar refractivity (Wildman–Crippen MR) is 469 cm³/mol. The standard InChI is InChI=1S/C106H70BN3/c1-7-31-77(32-8-1)102-88-43-23-19-27-71(88)51-61-92(102)75-47-57-85(58-48-75)109-98-65-55-81(94-63-53-73-29-21-25-45-90(73)104(94)79-35-11-3-12-36-79)67-96(98)107-97-68-82(95-64-54-74-30-22-26-46-91(74)105(95)80-37-13-4-14-38-80)56-66-99(97)110(101-70-87(69-100(109)106(101)107)108(83-39-15-5-16-40-83)84-41-17-6-18-42-84)86-59-49-76(50-60-86)93-62-52-72-28-20-24-44-89(72)103(93)78-33-9-2-10-34-78/h1-70H. The van der Waals surface area contributed by atoms with Crippen LogP contribution in [0.2, 0.25) is 0 Å². The lowest BCUT2D eigenvalue weighted by molar-refractivity contribution is 1.23. The molecule has 0 saturated carbocycles. The second-order valence-electron chi connectivity index (χ2n) is 29.0. The van der Waals surface area contributed by atoms with Crippen molar-refractivity contribution in [3.05, 3.63) is 425 Å². The Morgan fingerprint density at radius 2 is 0.464 bits per heavy atom. The molecule has 19 aromatic rings. The highest BCUT2D eigenvalue weighted by atomic mass is 15.2. The Morgan fingerprint density at radius 1 is 0.191 bits per heavy atom. The van der Waals surface area contributed by atoms with Crippen LogP contribution in [0.25, 0.3) is 132 Å². The second-order valence-corrected chi connectivity index (χ2v) is 29.0. The lowest BCUT2D eigenvalue weighted by atomic mass is 9.33. The van der Waals surface area contributed by atoms with Crippen LogP contribution in [-0.2, 0) is 0 Å². The zero-order valence-electron chi connectivity index (χ0n) is 60.3. The third-order valence-electron chi connectivity index (χ3n) is 22.8. The van der Waals surface area contributed by atoms with E-state index in [1.165, 1.54) is 126 Å². The molecule has 0 aliphatic carbocycles. The molecular formula is C106H70BN3. The fourth-order valence-corrected chi connectivity index (χ4v) is 17.9. The molecule has 2 aliphatic heterocycles. The molecule has 19 aromatic carbocycles. The molecule has 4 heteroatoms. The van der Waals surface area contributed by atoms with E-state index in [-0.39, 0.29) is 6.71 Å². The normalized spacial score (nSPS) is 12.1. The predicted octanol–water partition coefficient (Wildman–Crippen LogP) is 27.2. The second kappa shape index (κ2) is 26.9. The van der Waals surface area contributed by atoms with Gasteiger partial charge < -0.3 is 14.7 Å². The first-order valence-corrected chi connectivity index (χ1v) is 38.1. The molecule has 3 nitrogen and oxygen atoms in total. The van der Waals surface area contributed by atoms with Gasteiger partial charge in [0.1, 0.15) is 0 Å². The summed E-state index contributed by atoms with van der Waals surface area (Å²) in [5.41, 5.74) is 32.2. The number of rotatable bonds is 13. The van der Waals surface area contributed by atoms with Crippen LogP contribution in [-0.4, -0.2) is 6.71 Å². The summed E-state index contributed by atoms with van der Waals surface area (Å²) >= 11 is 0. The van der Waals surface area contributed by atoms with Crippen molar-refractivity contribution < 1.29 is 0 Å². The van der Waals surface area contributed by atoms with E-state index in [2.05, 4.69) is 439 Å². The van der Waals surface area contributed by atoms with Crippen molar-refractivity contribution in [1.29, 1.82) is 0 Å². The van der Waals surface area contributed by atoms with Crippen molar-refractivity contribution in [2.45, 2.75) is 0 Å². The number of hydrogen-bond acceptors (Lipinski definition) is 3. The van der Waals surface area contributed by atoms with E-state index < -0.39 is 0 Å². The van der Waals surface area contributed by atoms with Gasteiger partial charge in [-0.25, -0.2) is 0 Å². The van der Waals surface area contributed by atoms with Gasteiger partial charge in [0.25, 0.3) is 6.71 Å². The molecule has 21 rings (SSSR count). The molecule has 0 unspecified atom stereocenters. The van der Waals surface area contributed by atoms with Gasteiger partial charge in [-0.2, -0.15) is 0 Å². The maximum Gasteiger partial charge on any atom is 0.252 e. The monoisotopic (exact) mass is 1400 g/mol. The molecule has 0 saturated heterocycles. The average Bonchev–Trinajstić information content (AvgIpc) is 0.691. The molecule has 2 heterocycles. The first-order valence-electron chi connectivity index (χ1n) is 38.1. The first-order chi connectivity index (χ1) is 54.6. The summed E-state index contributed by atoms with van der Waals surface area (Å²) < 4.78 is 0. The molecule has 0 bridgehead atoms. The van der Waals surface area contributed by atoms with E-state index in [9.17, 15) is 0 Å². The van der Waals surface area contributed by atoms with Crippen molar-refractivity contribution in [2.24, 2.45) is 0 Å². The number of fused-ring (bicyclic) bond motifs is 8. The minimum absolute atomic E-state index is 0.287. The summed E-state index contributed by atoms with van der Waals surface area (Å²) in [7, 11) is 0. The Bertz CT molecular complexity index is 6340. The Morgan fingerprint density at radius 3 is 0.782 bits per heavy atom. The summed E-state index contributed by atoms with van der Waals surface area (Å²) in [6, 6.07) is 158. The van der Waals surface area contributed by atoms with Gasteiger partial charge in [0.05, 0.1) is 5.69 Å². The molecule has 0 fully saturated rings. The lowest BCUT2D eigenvalue weighted by Crippen LogP contribution is -2.61. The topological polar surface area (TPSA) is 9.72 Å². The smallest absolute Gasteiger partial charge is 0.252 e. The van der Waals surface area contributed by atoms with Gasteiger partial charge in [-0.1, -0.05) is 352 Å². The summed E-state index contributed by atoms with van der Waals surface area (Å²) in [6.45, 7) is -0.287. The summed E-state index contributed by atoms with van der Waals surface area (Å²) in [5.74, 6) is 0. The fraction of sp³-hybridized carbons (Fsp3) is 0. The van der Waals surface area contributed by atoms with E-state index in [4.69, 9.17) is 0 Å². The minimum atomic E-state index is -0.287. The van der Waals surface area contributed by atoms with Crippen LogP contribution >= 0.6 is 0 Å². The van der Waals surface area contributed by atoms with Crippen molar-refractivity contribution in [2.75, 3.05) is 14.7 Å². The van der Waals surface area contributed by atoms with E-state index in [1.54, 1.807) is 0 Å². The first kappa shape index (κ1) is 64.1. The van der Waals surface area contributed by atoms with Gasteiger partial charge in [-0.3, -0.25) is 0 Å². The van der Waals surface area contributed by atoms with Crippen LogP contribution in [0.3, 0.4) is 0 Å². The van der Waals surface area contributed by atoms with E-state index in [0.29, 0.717) is 0 Å². The van der Waals surface area contributed by atoms with Crippen LogP contribution in [0.15, 0.2) is 425 Å². The Balaban J connectivity index is 0.859. The van der Waals surface area contributed by atoms with Crippen LogP contribution in [0, 0.1) is 0 Å². The largest absolute Gasteiger partial charge is 0.311 e. The quantitative estimate of drug-likeness (QED) is 0.107. The summed E-state index contributed by atoms with van der Waals surface area (Å²) in [4.78, 5) is 7.62. The van der Waals surface area contributed by atoms with E-state index >= 15 is 0 Å². The van der Waals surface area contributed by atoms with Gasteiger partial charge in [-0.15, -0.1) is 0 Å². The van der Waals surface area contributed by atoms with Gasteiger partial charge in [0.15, 0.2) is 0 Å². The minimum Gasteiger partial charge on any atom is -0.311 e. The molecule has 0 radical (unpaired) electrons. The van der Waals surface area contributed by atoms with Crippen LogP contribution in [0.4, 0.5) is 51.2 Å². The zero-order chi connectivity index (χ0) is 72.6. The van der Waals surface area contributed by atoms with Gasteiger partial charge in [0.2, 0.25) is 0 Å². The third kappa shape index (κ3) is 10.9. The Hall–Kier alpha value is -14.3. The van der Waals surface area contributed by atoms with Gasteiger partial charge in [0, 0.05) is 45.5 Å². The van der Waals surface area contributed by atoms with Crippen molar-refractivity contribution in [1.82, 2.24) is 0 Å². The summed E-state index contributed by atoms with van der Waals surface area (Å²) in [6.07, 6.45) is 0. The fourth-order valence-electron chi connectivity index (χ4n) is 17.9. The molecule has 0 amide bonds. The number of nitrogens with zero attached hydrogens (tertiary/aromatic N) is 3. The number of benzene rings is 19. The van der Waals surface area contributed by atoms with Crippen molar-refractivity contribution in [3.63, 3.8) is 0 Å². The molecular weight excluding hydrogens is 1330 g/mol. The maximum absolute atomic E-state index is 2.59. The Labute approximate surface area is 641 Å². The van der Waals surface area contributed by atoms with Gasteiger partial charge >= 0.3 is 0 Å². The molecule has 0 aromatic heterocycles. The zero-order valence-corrected chi connectivity index (χ0v) is 60.3.